The van der Waals surface area contributed by atoms with Crippen molar-refractivity contribution >= 4 is 11.8 Å². The maximum atomic E-state index is 11.7. The Bertz CT molecular complexity index is 449. The average molecular weight is 309 g/mol. The van der Waals surface area contributed by atoms with E-state index in [0.717, 1.165) is 64.7 Å². The number of hydrogen-bond donors (Lipinski definition) is 4. The minimum atomic E-state index is -0.306. The number of nitrogens with zero attached hydrogens (tertiary/aromatic N) is 1. The van der Waals surface area contributed by atoms with Gasteiger partial charge < -0.3 is 16.0 Å². The van der Waals surface area contributed by atoms with E-state index in [1.165, 1.54) is 6.42 Å². The molecule has 0 saturated carbocycles. The van der Waals surface area contributed by atoms with Crippen molar-refractivity contribution in [2.24, 2.45) is 5.84 Å². The average Bonchev–Trinajstić information content (AvgIpc) is 3.10. The van der Waals surface area contributed by atoms with Gasteiger partial charge in [0, 0.05) is 19.6 Å². The molecule has 0 aromatic heterocycles. The quantitative estimate of drug-likeness (QED) is 0.348. The maximum absolute atomic E-state index is 11.7. The second kappa shape index (κ2) is 6.14. The van der Waals surface area contributed by atoms with E-state index in [1.54, 1.807) is 5.01 Å². The number of hydrazine groups is 1. The highest BCUT2D eigenvalue weighted by Crippen LogP contribution is 2.30. The first-order chi connectivity index (χ1) is 10.6. The van der Waals surface area contributed by atoms with Gasteiger partial charge in [-0.1, -0.05) is 0 Å². The van der Waals surface area contributed by atoms with Crippen LogP contribution in [0.4, 0.5) is 0 Å². The molecule has 4 rings (SSSR count). The van der Waals surface area contributed by atoms with Gasteiger partial charge in [-0.3, -0.25) is 15.4 Å². The molecule has 2 atom stereocenters. The molecule has 7 nitrogen and oxygen atoms in total. The zero-order chi connectivity index (χ0) is 15.6. The highest BCUT2D eigenvalue weighted by atomic mass is 16.2. The minimum Gasteiger partial charge on any atom is -0.354 e. The summed E-state index contributed by atoms with van der Waals surface area (Å²) in [5, 5.41) is 10.7. The summed E-state index contributed by atoms with van der Waals surface area (Å²) in [7, 11) is 0. The minimum absolute atomic E-state index is 0.104. The summed E-state index contributed by atoms with van der Waals surface area (Å²) in [5.41, 5.74) is -0.490. The maximum Gasteiger partial charge on any atom is 0.243 e. The summed E-state index contributed by atoms with van der Waals surface area (Å²) in [4.78, 5) is 22.7. The number of amides is 2. The number of β-lactam (4-membered cyclic amide) rings is 1. The second-order valence-electron chi connectivity index (χ2n) is 6.84. The van der Waals surface area contributed by atoms with E-state index >= 15 is 0 Å². The van der Waals surface area contributed by atoms with Crippen molar-refractivity contribution in [2.45, 2.75) is 56.0 Å². The van der Waals surface area contributed by atoms with Crippen molar-refractivity contribution < 1.29 is 9.59 Å². The standard InChI is InChI=1S/C9H16N2O.C6H11N3O/c12-8-9(5-3-7-11-9)4-1-2-6-10-8;7-9-3-1-2-6(9)4-8-5(6)10/h11H,1-7H2,(H,10,12);1-4,7H2,(H,8,10). The van der Waals surface area contributed by atoms with E-state index in [9.17, 15) is 9.59 Å². The summed E-state index contributed by atoms with van der Waals surface area (Å²) in [6.45, 7) is 3.46. The van der Waals surface area contributed by atoms with Crippen molar-refractivity contribution in [1.29, 1.82) is 0 Å². The highest BCUT2D eigenvalue weighted by Gasteiger charge is 2.52. The molecule has 0 bridgehead atoms. The summed E-state index contributed by atoms with van der Waals surface area (Å²) in [6, 6.07) is 0. The van der Waals surface area contributed by atoms with Crippen LogP contribution in [0.15, 0.2) is 0 Å². The number of carbonyl (C=O) groups excluding carboxylic acids is 2. The molecule has 124 valence electrons. The van der Waals surface area contributed by atoms with E-state index in [2.05, 4.69) is 16.0 Å². The molecule has 2 unspecified atom stereocenters. The van der Waals surface area contributed by atoms with E-state index < -0.39 is 0 Å². The summed E-state index contributed by atoms with van der Waals surface area (Å²) in [6.07, 6.45) is 7.48. The first kappa shape index (κ1) is 15.7. The summed E-state index contributed by atoms with van der Waals surface area (Å²) < 4.78 is 0. The molecule has 4 saturated heterocycles. The first-order valence-corrected chi connectivity index (χ1v) is 8.43. The van der Waals surface area contributed by atoms with E-state index in [4.69, 9.17) is 5.84 Å². The molecule has 2 amide bonds. The lowest BCUT2D eigenvalue weighted by molar-refractivity contribution is -0.141. The second-order valence-corrected chi connectivity index (χ2v) is 6.84. The number of carbonyl (C=O) groups is 2. The van der Waals surface area contributed by atoms with Gasteiger partial charge in [-0.05, 0) is 51.5 Å². The number of rotatable bonds is 0. The number of nitrogens with one attached hydrogen (secondary N) is 3. The topological polar surface area (TPSA) is 99.5 Å². The molecular formula is C15H27N5O2. The van der Waals surface area contributed by atoms with Gasteiger partial charge in [-0.2, -0.15) is 0 Å². The normalized spacial score (nSPS) is 38.0. The summed E-state index contributed by atoms with van der Waals surface area (Å²) in [5.74, 6) is 5.98. The van der Waals surface area contributed by atoms with Gasteiger partial charge in [0.2, 0.25) is 11.8 Å². The lowest BCUT2D eigenvalue weighted by atomic mass is 9.89. The highest BCUT2D eigenvalue weighted by molar-refractivity contribution is 5.92. The Morgan fingerprint density at radius 3 is 2.23 bits per heavy atom. The Balaban J connectivity index is 0.000000133. The Morgan fingerprint density at radius 2 is 1.73 bits per heavy atom. The number of nitrogens with two attached hydrogens (primary N) is 1. The van der Waals surface area contributed by atoms with Gasteiger partial charge >= 0.3 is 0 Å². The fraction of sp³-hybridized carbons (Fsp3) is 0.867. The molecule has 0 aliphatic carbocycles. The summed E-state index contributed by atoms with van der Waals surface area (Å²) >= 11 is 0. The van der Waals surface area contributed by atoms with Crippen molar-refractivity contribution in [1.82, 2.24) is 21.0 Å². The predicted molar refractivity (Wildman–Crippen MR) is 82.7 cm³/mol. The molecule has 5 N–H and O–H groups in total. The molecule has 7 heteroatoms. The molecule has 0 aromatic carbocycles. The van der Waals surface area contributed by atoms with Crippen LogP contribution in [0.1, 0.15) is 44.9 Å². The van der Waals surface area contributed by atoms with Crippen molar-refractivity contribution in [2.75, 3.05) is 26.2 Å². The molecule has 4 heterocycles. The molecule has 2 spiro atoms. The zero-order valence-corrected chi connectivity index (χ0v) is 13.1. The monoisotopic (exact) mass is 309 g/mol. The molecule has 0 aromatic rings. The van der Waals surface area contributed by atoms with Crippen LogP contribution in [0.5, 0.6) is 0 Å². The van der Waals surface area contributed by atoms with E-state index in [1.807, 2.05) is 0 Å². The Hall–Kier alpha value is -1.18. The van der Waals surface area contributed by atoms with Crippen molar-refractivity contribution in [3.63, 3.8) is 0 Å². The van der Waals surface area contributed by atoms with Crippen LogP contribution in [0.25, 0.3) is 0 Å². The largest absolute Gasteiger partial charge is 0.354 e. The van der Waals surface area contributed by atoms with Crippen LogP contribution >= 0.6 is 0 Å². The third-order valence-corrected chi connectivity index (χ3v) is 5.50. The van der Waals surface area contributed by atoms with Crippen LogP contribution < -0.4 is 21.8 Å². The lowest BCUT2D eigenvalue weighted by Crippen LogP contribution is -2.72. The Morgan fingerprint density at radius 1 is 0.909 bits per heavy atom. The third-order valence-electron chi connectivity index (χ3n) is 5.50. The van der Waals surface area contributed by atoms with Crippen LogP contribution in [0.3, 0.4) is 0 Å². The smallest absolute Gasteiger partial charge is 0.243 e. The van der Waals surface area contributed by atoms with Gasteiger partial charge in [-0.25, -0.2) is 5.01 Å². The molecule has 4 aliphatic rings. The molecule has 4 aliphatic heterocycles. The van der Waals surface area contributed by atoms with E-state index in [-0.39, 0.29) is 22.9 Å². The van der Waals surface area contributed by atoms with Gasteiger partial charge in [0.1, 0.15) is 5.54 Å². The molecular weight excluding hydrogens is 282 g/mol. The van der Waals surface area contributed by atoms with Crippen LogP contribution in [-0.4, -0.2) is 54.1 Å². The van der Waals surface area contributed by atoms with Gasteiger partial charge in [0.05, 0.1) is 5.54 Å². The van der Waals surface area contributed by atoms with E-state index in [0.29, 0.717) is 0 Å². The van der Waals surface area contributed by atoms with Crippen LogP contribution in [-0.2, 0) is 9.59 Å². The number of hydrogen-bond acceptors (Lipinski definition) is 5. The van der Waals surface area contributed by atoms with Gasteiger partial charge in [0.25, 0.3) is 0 Å². The zero-order valence-electron chi connectivity index (χ0n) is 13.1. The first-order valence-electron chi connectivity index (χ1n) is 8.43. The molecule has 22 heavy (non-hydrogen) atoms. The fourth-order valence-electron chi connectivity index (χ4n) is 3.95. The Kier molecular flexibility index (Phi) is 4.38. The molecule has 0 radical (unpaired) electrons. The molecule has 4 fully saturated rings. The predicted octanol–water partition coefficient (Wildman–Crippen LogP) is -0.767. The SMILES string of the molecule is NN1CCCC12CNC2=O.O=C1NCCCCC12CCCN2. The lowest BCUT2D eigenvalue weighted by Gasteiger charge is -2.41. The van der Waals surface area contributed by atoms with Crippen LogP contribution in [0, 0.1) is 0 Å². The Labute approximate surface area is 131 Å². The third kappa shape index (κ3) is 2.61. The van der Waals surface area contributed by atoms with Gasteiger partial charge in [0.15, 0.2) is 0 Å². The van der Waals surface area contributed by atoms with Crippen LogP contribution in [0.2, 0.25) is 0 Å². The fourth-order valence-corrected chi connectivity index (χ4v) is 3.95. The van der Waals surface area contributed by atoms with Crippen molar-refractivity contribution in [3.05, 3.63) is 0 Å². The van der Waals surface area contributed by atoms with Gasteiger partial charge in [-0.15, -0.1) is 0 Å². The van der Waals surface area contributed by atoms with Crippen molar-refractivity contribution in [3.8, 4) is 0 Å².